The highest BCUT2D eigenvalue weighted by molar-refractivity contribution is 5.67. The molecular formula is C24H32O8. The Balaban J connectivity index is 1.47. The van der Waals surface area contributed by atoms with E-state index in [-0.39, 0.29) is 47.6 Å². The fourth-order valence-corrected chi connectivity index (χ4v) is 7.95. The first-order valence-electron chi connectivity index (χ1n) is 11.8. The summed E-state index contributed by atoms with van der Waals surface area (Å²) < 4.78 is 36.5. The molecule has 7 aliphatic rings. The minimum atomic E-state index is -0.812. The molecule has 0 unspecified atom stereocenters. The van der Waals surface area contributed by atoms with Crippen LogP contribution in [0.4, 0.5) is 0 Å². The SMILES string of the molecule is CC(=O)O[C@H]1O[C@@H]2C[C@@H]3[C@@](C)([C@@H]4C[C@H]5C=CO[C@H]5O4)[C@H](C)C[C@H](OC(C)=O)[C@]13[C@@]1(CO1)C2. The van der Waals surface area contributed by atoms with Crippen LogP contribution in [0.2, 0.25) is 0 Å². The molecular weight excluding hydrogens is 416 g/mol. The second kappa shape index (κ2) is 6.70. The van der Waals surface area contributed by atoms with Crippen molar-refractivity contribution < 1.29 is 38.0 Å². The molecule has 2 bridgehead atoms. The molecule has 4 saturated heterocycles. The average Bonchev–Trinajstić information content (AvgIpc) is 3.14. The van der Waals surface area contributed by atoms with Gasteiger partial charge in [0.1, 0.15) is 17.1 Å². The van der Waals surface area contributed by atoms with E-state index in [0.29, 0.717) is 13.0 Å². The zero-order valence-electron chi connectivity index (χ0n) is 19.1. The lowest BCUT2D eigenvalue weighted by atomic mass is 9.40. The van der Waals surface area contributed by atoms with Gasteiger partial charge in [0, 0.05) is 31.6 Å². The molecule has 2 aliphatic carbocycles. The molecule has 5 aliphatic heterocycles. The molecule has 2 spiro atoms. The van der Waals surface area contributed by atoms with Crippen molar-refractivity contribution in [2.24, 2.45) is 28.6 Å². The summed E-state index contributed by atoms with van der Waals surface area (Å²) in [6, 6.07) is 0. The zero-order chi connectivity index (χ0) is 22.5. The van der Waals surface area contributed by atoms with Crippen LogP contribution in [0.3, 0.4) is 0 Å². The molecule has 0 N–H and O–H groups in total. The normalized spacial score (nSPS) is 54.6. The summed E-state index contributed by atoms with van der Waals surface area (Å²) in [6.07, 6.45) is 5.25. The number of rotatable bonds is 3. The molecule has 7 rings (SSSR count). The maximum absolute atomic E-state index is 12.2. The van der Waals surface area contributed by atoms with E-state index in [1.54, 1.807) is 6.26 Å². The maximum Gasteiger partial charge on any atom is 0.304 e. The number of hydrogen-bond acceptors (Lipinski definition) is 8. The second-order valence-electron chi connectivity index (χ2n) is 10.9. The van der Waals surface area contributed by atoms with Gasteiger partial charge in [0.2, 0.25) is 12.6 Å². The van der Waals surface area contributed by atoms with Gasteiger partial charge < -0.3 is 28.4 Å². The molecule has 0 amide bonds. The number of fused-ring (bicyclic) bond motifs is 2. The number of ether oxygens (including phenoxy) is 6. The third kappa shape index (κ3) is 2.54. The fraction of sp³-hybridized carbons (Fsp3) is 0.833. The highest BCUT2D eigenvalue weighted by Crippen LogP contribution is 2.74. The first-order valence-corrected chi connectivity index (χ1v) is 11.8. The van der Waals surface area contributed by atoms with Gasteiger partial charge in [-0.05, 0) is 37.2 Å². The molecule has 8 heteroatoms. The van der Waals surface area contributed by atoms with E-state index < -0.39 is 29.4 Å². The summed E-state index contributed by atoms with van der Waals surface area (Å²) in [6.45, 7) is 7.92. The molecule has 32 heavy (non-hydrogen) atoms. The number of carbonyl (C=O) groups is 2. The van der Waals surface area contributed by atoms with Gasteiger partial charge in [0.05, 0.1) is 25.1 Å². The minimum Gasteiger partial charge on any atom is -0.472 e. The van der Waals surface area contributed by atoms with Crippen LogP contribution >= 0.6 is 0 Å². The Morgan fingerprint density at radius 2 is 1.81 bits per heavy atom. The van der Waals surface area contributed by atoms with Crippen LogP contribution < -0.4 is 0 Å². The molecule has 0 aromatic rings. The fourth-order valence-electron chi connectivity index (χ4n) is 7.95. The van der Waals surface area contributed by atoms with Crippen molar-refractivity contribution in [3.8, 4) is 0 Å². The summed E-state index contributed by atoms with van der Waals surface area (Å²) >= 11 is 0. The van der Waals surface area contributed by atoms with Gasteiger partial charge in [0.15, 0.2) is 0 Å². The Kier molecular flexibility index (Phi) is 4.38. The van der Waals surface area contributed by atoms with Gasteiger partial charge in [-0.3, -0.25) is 9.59 Å². The predicted octanol–water partition coefficient (Wildman–Crippen LogP) is 2.69. The smallest absolute Gasteiger partial charge is 0.304 e. The Labute approximate surface area is 187 Å². The molecule has 6 fully saturated rings. The molecule has 2 saturated carbocycles. The second-order valence-corrected chi connectivity index (χ2v) is 10.9. The van der Waals surface area contributed by atoms with Crippen molar-refractivity contribution in [1.29, 1.82) is 0 Å². The quantitative estimate of drug-likeness (QED) is 0.481. The van der Waals surface area contributed by atoms with Crippen molar-refractivity contribution in [3.05, 3.63) is 12.3 Å². The molecule has 8 nitrogen and oxygen atoms in total. The summed E-state index contributed by atoms with van der Waals surface area (Å²) in [7, 11) is 0. The van der Waals surface area contributed by atoms with Crippen LogP contribution in [0, 0.1) is 28.6 Å². The van der Waals surface area contributed by atoms with E-state index in [1.807, 2.05) is 0 Å². The van der Waals surface area contributed by atoms with Crippen LogP contribution in [0.1, 0.15) is 53.4 Å². The largest absolute Gasteiger partial charge is 0.472 e. The Bertz CT molecular complexity index is 866. The third-order valence-corrected chi connectivity index (χ3v) is 9.48. The number of carbonyl (C=O) groups excluding carboxylic acids is 2. The van der Waals surface area contributed by atoms with Gasteiger partial charge in [-0.25, -0.2) is 0 Å². The maximum atomic E-state index is 12.2. The van der Waals surface area contributed by atoms with Gasteiger partial charge in [-0.1, -0.05) is 13.8 Å². The van der Waals surface area contributed by atoms with Gasteiger partial charge >= 0.3 is 11.9 Å². The highest BCUT2D eigenvalue weighted by Gasteiger charge is 2.83. The Hall–Kier alpha value is -1.64. The lowest BCUT2D eigenvalue weighted by molar-refractivity contribution is -0.375. The molecule has 5 heterocycles. The molecule has 0 aromatic carbocycles. The first kappa shape index (κ1) is 20.9. The summed E-state index contributed by atoms with van der Waals surface area (Å²) in [5.41, 5.74) is -1.53. The van der Waals surface area contributed by atoms with Gasteiger partial charge in [-0.15, -0.1) is 0 Å². The van der Waals surface area contributed by atoms with Gasteiger partial charge in [0.25, 0.3) is 0 Å². The standard InChI is InChI=1S/C24H32O8/c1-12-7-19(29-13(2)25)24-17(22(12,4)18-8-15-5-6-27-20(15)32-18)9-16(10-23(24)11-28-23)31-21(24)30-14(3)26/h5-6,12,15-21H,7-11H2,1-4H3/t12-,15-,16-,17-,18+,19+,20+,21+,22+,23+,24+/m1/s1. The number of epoxide rings is 1. The van der Waals surface area contributed by atoms with Crippen LogP contribution in [0.15, 0.2) is 12.3 Å². The number of esters is 2. The zero-order valence-corrected chi connectivity index (χ0v) is 19.1. The minimum absolute atomic E-state index is 0.0225. The van der Waals surface area contributed by atoms with Crippen molar-refractivity contribution in [1.82, 2.24) is 0 Å². The van der Waals surface area contributed by atoms with Crippen molar-refractivity contribution in [3.63, 3.8) is 0 Å². The highest BCUT2D eigenvalue weighted by atomic mass is 16.7. The van der Waals surface area contributed by atoms with Gasteiger partial charge in [-0.2, -0.15) is 0 Å². The first-order chi connectivity index (χ1) is 15.2. The van der Waals surface area contributed by atoms with E-state index in [9.17, 15) is 9.59 Å². The monoisotopic (exact) mass is 448 g/mol. The topological polar surface area (TPSA) is 92.8 Å². The Morgan fingerprint density at radius 3 is 2.47 bits per heavy atom. The Morgan fingerprint density at radius 1 is 1.06 bits per heavy atom. The summed E-state index contributed by atoms with van der Waals surface area (Å²) in [5.74, 6) is -0.245. The van der Waals surface area contributed by atoms with Crippen molar-refractivity contribution >= 4 is 11.9 Å². The molecule has 11 atom stereocenters. The van der Waals surface area contributed by atoms with E-state index in [1.165, 1.54) is 13.8 Å². The van der Waals surface area contributed by atoms with Crippen molar-refractivity contribution in [2.45, 2.75) is 89.9 Å². The van der Waals surface area contributed by atoms with Crippen LogP contribution in [0.25, 0.3) is 0 Å². The predicted molar refractivity (Wildman–Crippen MR) is 109 cm³/mol. The van der Waals surface area contributed by atoms with E-state index in [4.69, 9.17) is 28.4 Å². The van der Waals surface area contributed by atoms with E-state index >= 15 is 0 Å². The third-order valence-electron chi connectivity index (χ3n) is 9.48. The van der Waals surface area contributed by atoms with E-state index in [2.05, 4.69) is 19.9 Å². The average molecular weight is 449 g/mol. The van der Waals surface area contributed by atoms with Crippen LogP contribution in [-0.2, 0) is 38.0 Å². The summed E-state index contributed by atoms with van der Waals surface area (Å²) in [4.78, 5) is 24.3. The molecule has 0 aromatic heterocycles. The lowest BCUT2D eigenvalue weighted by Crippen LogP contribution is -2.77. The van der Waals surface area contributed by atoms with E-state index in [0.717, 1.165) is 19.3 Å². The lowest BCUT2D eigenvalue weighted by Gasteiger charge is -2.69. The number of hydrogen-bond donors (Lipinski definition) is 0. The van der Waals surface area contributed by atoms with Crippen LogP contribution in [-0.4, -0.2) is 55.0 Å². The molecule has 0 radical (unpaired) electrons. The van der Waals surface area contributed by atoms with Crippen molar-refractivity contribution in [2.75, 3.05) is 6.61 Å². The van der Waals surface area contributed by atoms with Crippen LogP contribution in [0.5, 0.6) is 0 Å². The molecule has 176 valence electrons. The summed E-state index contributed by atoms with van der Waals surface area (Å²) in [5, 5.41) is 0.